The number of amides is 1. The first-order valence-electron chi connectivity index (χ1n) is 11.3. The summed E-state index contributed by atoms with van der Waals surface area (Å²) in [5.41, 5.74) is 2.52. The summed E-state index contributed by atoms with van der Waals surface area (Å²) >= 11 is 0. The number of nitrogens with zero attached hydrogens (tertiary/aromatic N) is 1. The fourth-order valence-electron chi connectivity index (χ4n) is 4.80. The second-order valence-corrected chi connectivity index (χ2v) is 9.09. The van der Waals surface area contributed by atoms with Gasteiger partial charge in [-0.3, -0.25) is 29.8 Å². The molecule has 1 amide bonds. The summed E-state index contributed by atoms with van der Waals surface area (Å²) in [5.74, 6) is -0.485. The monoisotopic (exact) mass is 447 g/mol. The van der Waals surface area contributed by atoms with E-state index in [0.29, 0.717) is 44.4 Å². The van der Waals surface area contributed by atoms with E-state index in [1.807, 2.05) is 50.2 Å². The van der Waals surface area contributed by atoms with Crippen molar-refractivity contribution < 1.29 is 19.2 Å². The zero-order valence-electron chi connectivity index (χ0n) is 19.0. The van der Waals surface area contributed by atoms with Gasteiger partial charge in [-0.25, -0.2) is 0 Å². The van der Waals surface area contributed by atoms with Gasteiger partial charge in [-0.05, 0) is 44.4 Å². The highest BCUT2D eigenvalue weighted by Gasteiger charge is 2.43. The number of carbonyl (C=O) groups excluding carboxylic acids is 4. The summed E-state index contributed by atoms with van der Waals surface area (Å²) in [6.45, 7) is 5.36. The molecule has 2 unspecified atom stereocenters. The molecule has 172 valence electrons. The van der Waals surface area contributed by atoms with E-state index in [0.717, 1.165) is 16.7 Å². The number of piperidine rings is 1. The Morgan fingerprint density at radius 3 is 2.18 bits per heavy atom. The van der Waals surface area contributed by atoms with Gasteiger partial charge in [0, 0.05) is 36.8 Å². The number of hydrogen-bond donors (Lipinski definition) is 2. The van der Waals surface area contributed by atoms with Gasteiger partial charge in [-0.1, -0.05) is 42.0 Å². The minimum Gasteiger partial charge on any atom is -0.339 e. The van der Waals surface area contributed by atoms with Gasteiger partial charge in [0.2, 0.25) is 5.78 Å². The fraction of sp³-hybridized carbons (Fsp3) is 0.385. The Balaban J connectivity index is 1.39. The number of nitrogens with one attached hydrogen (secondary N) is 2. The van der Waals surface area contributed by atoms with E-state index < -0.39 is 17.4 Å². The highest BCUT2D eigenvalue weighted by Crippen LogP contribution is 2.29. The number of likely N-dealkylation sites (tertiary alicyclic amines) is 1. The predicted molar refractivity (Wildman–Crippen MR) is 124 cm³/mol. The second-order valence-electron chi connectivity index (χ2n) is 9.09. The number of hydrogen-bond acceptors (Lipinski definition) is 6. The lowest BCUT2D eigenvalue weighted by Crippen LogP contribution is -2.48. The zero-order chi connectivity index (χ0) is 23.6. The molecule has 2 atom stereocenters. The summed E-state index contributed by atoms with van der Waals surface area (Å²) in [6, 6.07) is 14.2. The van der Waals surface area contributed by atoms with Crippen molar-refractivity contribution in [1.29, 1.82) is 0 Å². The van der Waals surface area contributed by atoms with E-state index >= 15 is 0 Å². The van der Waals surface area contributed by atoms with Crippen LogP contribution in [0.25, 0.3) is 0 Å². The molecule has 2 fully saturated rings. The van der Waals surface area contributed by atoms with Gasteiger partial charge in [-0.2, -0.15) is 0 Å². The molecule has 4 rings (SSSR count). The normalized spacial score (nSPS) is 23.3. The molecule has 33 heavy (non-hydrogen) atoms. The van der Waals surface area contributed by atoms with Crippen molar-refractivity contribution in [2.75, 3.05) is 19.8 Å². The number of carbonyl (C=O) groups is 4. The molecule has 2 aromatic carbocycles. The highest BCUT2D eigenvalue weighted by atomic mass is 16.2. The Morgan fingerprint density at radius 2 is 1.58 bits per heavy atom. The van der Waals surface area contributed by atoms with Gasteiger partial charge >= 0.3 is 0 Å². The molecule has 2 heterocycles. The van der Waals surface area contributed by atoms with Gasteiger partial charge in [-0.15, -0.1) is 0 Å². The van der Waals surface area contributed by atoms with Crippen LogP contribution in [-0.4, -0.2) is 54.5 Å². The lowest BCUT2D eigenvalue weighted by molar-refractivity contribution is -0.131. The van der Waals surface area contributed by atoms with Crippen LogP contribution in [0, 0.1) is 12.8 Å². The molecule has 2 saturated heterocycles. The topological polar surface area (TPSA) is 95.6 Å². The van der Waals surface area contributed by atoms with Crippen LogP contribution < -0.4 is 10.6 Å². The largest absolute Gasteiger partial charge is 0.339 e. The molecule has 0 aromatic heterocycles. The molecule has 7 nitrogen and oxygen atoms in total. The maximum atomic E-state index is 13.0. The second kappa shape index (κ2) is 9.37. The van der Waals surface area contributed by atoms with Crippen LogP contribution in [0.2, 0.25) is 0 Å². The van der Waals surface area contributed by atoms with Crippen molar-refractivity contribution in [2.45, 2.75) is 38.3 Å². The molecular formula is C26H29N3O4. The van der Waals surface area contributed by atoms with Gasteiger partial charge < -0.3 is 4.90 Å². The lowest BCUT2D eigenvalue weighted by Gasteiger charge is -2.32. The molecule has 0 aliphatic carbocycles. The third kappa shape index (κ3) is 4.51. The number of ketones is 2. The third-order valence-corrected chi connectivity index (χ3v) is 6.96. The summed E-state index contributed by atoms with van der Waals surface area (Å²) < 4.78 is 0. The molecule has 2 aliphatic rings. The first-order chi connectivity index (χ1) is 15.8. The molecule has 2 N–H and O–H groups in total. The van der Waals surface area contributed by atoms with E-state index in [9.17, 15) is 19.2 Å². The Bertz CT molecular complexity index is 1060. The van der Waals surface area contributed by atoms with Crippen molar-refractivity contribution >= 4 is 23.8 Å². The van der Waals surface area contributed by atoms with Crippen molar-refractivity contribution in [1.82, 2.24) is 15.5 Å². The maximum Gasteiger partial charge on any atom is 0.253 e. The van der Waals surface area contributed by atoms with E-state index in [2.05, 4.69) is 10.6 Å². The fourth-order valence-corrected chi connectivity index (χ4v) is 4.80. The van der Waals surface area contributed by atoms with Crippen LogP contribution in [0.5, 0.6) is 0 Å². The number of rotatable bonds is 6. The molecular weight excluding hydrogens is 418 g/mol. The highest BCUT2D eigenvalue weighted by molar-refractivity contribution is 6.28. The number of benzene rings is 2. The number of aryl methyl sites for hydroxylation is 1. The smallest absolute Gasteiger partial charge is 0.253 e. The minimum absolute atomic E-state index is 0.0627. The van der Waals surface area contributed by atoms with Gasteiger partial charge in [0.15, 0.2) is 12.1 Å². The third-order valence-electron chi connectivity index (χ3n) is 6.96. The van der Waals surface area contributed by atoms with Gasteiger partial charge in [0.25, 0.3) is 5.91 Å². The summed E-state index contributed by atoms with van der Waals surface area (Å²) in [4.78, 5) is 50.6. The SMILES string of the molecule is Cc1ccc(C(=O)C2CCN(C(=O)c3ccc(C4(C)NCNC4C(=O)C=O)cc3)CC2)cc1. The van der Waals surface area contributed by atoms with Crippen molar-refractivity contribution in [3.05, 3.63) is 70.8 Å². The first kappa shape index (κ1) is 23.0. The molecule has 0 spiro atoms. The van der Waals surface area contributed by atoms with Crippen molar-refractivity contribution in [2.24, 2.45) is 5.92 Å². The first-order valence-corrected chi connectivity index (χ1v) is 11.3. The molecule has 0 bridgehead atoms. The average Bonchev–Trinajstić information content (AvgIpc) is 3.26. The molecule has 0 saturated carbocycles. The van der Waals surface area contributed by atoms with Crippen LogP contribution >= 0.6 is 0 Å². The van der Waals surface area contributed by atoms with Crippen molar-refractivity contribution in [3.8, 4) is 0 Å². The van der Waals surface area contributed by atoms with E-state index in [1.54, 1.807) is 17.0 Å². The van der Waals surface area contributed by atoms with Gasteiger partial charge in [0.05, 0.1) is 11.6 Å². The van der Waals surface area contributed by atoms with Crippen LogP contribution in [0.4, 0.5) is 0 Å². The number of Topliss-reactive ketones (excluding diaryl/α,β-unsaturated/α-hetero) is 2. The quantitative estimate of drug-likeness (QED) is 0.401. The van der Waals surface area contributed by atoms with Crippen LogP contribution in [-0.2, 0) is 15.1 Å². The van der Waals surface area contributed by atoms with Crippen LogP contribution in [0.15, 0.2) is 48.5 Å². The van der Waals surface area contributed by atoms with E-state index in [-0.39, 0.29) is 17.6 Å². The number of aldehydes is 1. The van der Waals surface area contributed by atoms with E-state index in [4.69, 9.17) is 0 Å². The molecule has 2 aliphatic heterocycles. The standard InChI is InChI=1S/C26H29N3O4/c1-17-3-5-18(6-4-17)23(32)19-11-13-29(14-12-19)25(33)20-7-9-21(10-8-20)26(2)24(22(31)15-30)27-16-28-26/h3-10,15,19,24,27-28H,11-14,16H2,1-2H3. The molecule has 7 heteroatoms. The van der Waals surface area contributed by atoms with E-state index in [1.165, 1.54) is 0 Å². The minimum atomic E-state index is -0.728. The van der Waals surface area contributed by atoms with Crippen LogP contribution in [0.1, 0.15) is 51.6 Å². The molecule has 0 radical (unpaired) electrons. The summed E-state index contributed by atoms with van der Waals surface area (Å²) in [6.07, 6.45) is 1.65. The average molecular weight is 448 g/mol. The van der Waals surface area contributed by atoms with Crippen molar-refractivity contribution in [3.63, 3.8) is 0 Å². The zero-order valence-corrected chi connectivity index (χ0v) is 19.0. The van der Waals surface area contributed by atoms with Crippen LogP contribution in [0.3, 0.4) is 0 Å². The van der Waals surface area contributed by atoms with Gasteiger partial charge in [0.1, 0.15) is 0 Å². The Hall–Kier alpha value is -3.16. The Kier molecular flexibility index (Phi) is 6.54. The summed E-state index contributed by atoms with van der Waals surface area (Å²) in [5, 5.41) is 6.26. The Labute approximate surface area is 193 Å². The predicted octanol–water partition coefficient (Wildman–Crippen LogP) is 2.23. The Morgan fingerprint density at radius 1 is 0.970 bits per heavy atom. The maximum absolute atomic E-state index is 13.0. The lowest BCUT2D eigenvalue weighted by atomic mass is 9.83. The summed E-state index contributed by atoms with van der Waals surface area (Å²) in [7, 11) is 0. The molecule has 2 aromatic rings.